The number of phenolic OH excluding ortho intramolecular Hbond substituents is 1. The van der Waals surface area contributed by atoms with Crippen LogP contribution in [0, 0.1) is 5.82 Å². The van der Waals surface area contributed by atoms with Crippen molar-refractivity contribution in [3.05, 3.63) is 35.8 Å². The molecule has 0 bridgehead atoms. The van der Waals surface area contributed by atoms with Crippen LogP contribution in [0.15, 0.2) is 24.3 Å². The number of hydrogen-bond acceptors (Lipinski definition) is 3. The first-order valence-corrected chi connectivity index (χ1v) is 5.64. The molecule has 0 saturated carbocycles. The molecular formula is C13H16FN3O. The van der Waals surface area contributed by atoms with Gasteiger partial charge in [-0.3, -0.25) is 0 Å². The number of anilines is 1. The van der Waals surface area contributed by atoms with E-state index in [-0.39, 0.29) is 5.41 Å². The molecule has 2 rings (SSSR count). The van der Waals surface area contributed by atoms with Gasteiger partial charge in [0.25, 0.3) is 0 Å². The van der Waals surface area contributed by atoms with Crippen LogP contribution in [0.3, 0.4) is 0 Å². The van der Waals surface area contributed by atoms with E-state index in [1.807, 2.05) is 20.8 Å². The lowest BCUT2D eigenvalue weighted by Crippen LogP contribution is -2.12. The number of halogens is 1. The Bertz CT molecular complexity index is 584. The van der Waals surface area contributed by atoms with E-state index in [4.69, 9.17) is 5.73 Å². The molecule has 2 aromatic rings. The maximum Gasteiger partial charge on any atom is 0.164 e. The molecule has 5 heteroatoms. The summed E-state index contributed by atoms with van der Waals surface area (Å²) in [6, 6.07) is 5.78. The second kappa shape index (κ2) is 4.01. The van der Waals surface area contributed by atoms with Crippen LogP contribution in [-0.2, 0) is 5.41 Å². The Kier molecular flexibility index (Phi) is 2.77. The molecule has 0 spiro atoms. The van der Waals surface area contributed by atoms with Crippen molar-refractivity contribution >= 4 is 5.82 Å². The van der Waals surface area contributed by atoms with Gasteiger partial charge in [0, 0.05) is 17.5 Å². The molecule has 18 heavy (non-hydrogen) atoms. The molecule has 4 nitrogen and oxygen atoms in total. The van der Waals surface area contributed by atoms with Gasteiger partial charge in [0.15, 0.2) is 11.6 Å². The molecule has 0 saturated heterocycles. The Morgan fingerprint density at radius 2 is 1.94 bits per heavy atom. The van der Waals surface area contributed by atoms with Crippen molar-refractivity contribution in [3.8, 4) is 11.4 Å². The number of nitrogen functional groups attached to an aromatic ring is 1. The lowest BCUT2D eigenvalue weighted by Gasteiger charge is -2.14. The highest BCUT2D eigenvalue weighted by atomic mass is 19.1. The molecule has 0 amide bonds. The number of benzene rings is 1. The third-order valence-electron chi connectivity index (χ3n) is 2.68. The number of rotatable bonds is 1. The normalized spacial score (nSPS) is 11.8. The fourth-order valence-electron chi connectivity index (χ4n) is 1.60. The average molecular weight is 249 g/mol. The van der Waals surface area contributed by atoms with E-state index in [1.165, 1.54) is 22.9 Å². The summed E-state index contributed by atoms with van der Waals surface area (Å²) < 4.78 is 14.5. The molecule has 0 radical (unpaired) electrons. The second-order valence-corrected chi connectivity index (χ2v) is 5.25. The molecular weight excluding hydrogens is 233 g/mol. The van der Waals surface area contributed by atoms with Gasteiger partial charge >= 0.3 is 0 Å². The summed E-state index contributed by atoms with van der Waals surface area (Å²) >= 11 is 0. The monoisotopic (exact) mass is 249 g/mol. The van der Waals surface area contributed by atoms with Crippen molar-refractivity contribution in [3.63, 3.8) is 0 Å². The van der Waals surface area contributed by atoms with Crippen LogP contribution in [0.2, 0.25) is 0 Å². The topological polar surface area (TPSA) is 64.1 Å². The SMILES string of the molecule is CC(C)(C)c1cc(N)n(-c2ccc(F)c(O)c2)n1. The molecule has 1 heterocycles. The van der Waals surface area contributed by atoms with Crippen molar-refractivity contribution in [2.75, 3.05) is 5.73 Å². The Balaban J connectivity index is 2.51. The summed E-state index contributed by atoms with van der Waals surface area (Å²) in [5, 5.41) is 13.7. The standard InChI is InChI=1S/C13H16FN3O/c1-13(2,3)11-7-12(15)17(16-11)8-4-5-9(14)10(18)6-8/h4-7,18H,15H2,1-3H3. The zero-order chi connectivity index (χ0) is 13.5. The smallest absolute Gasteiger partial charge is 0.164 e. The van der Waals surface area contributed by atoms with E-state index in [9.17, 15) is 9.50 Å². The summed E-state index contributed by atoms with van der Waals surface area (Å²) in [6.45, 7) is 6.09. The second-order valence-electron chi connectivity index (χ2n) is 5.25. The van der Waals surface area contributed by atoms with Gasteiger partial charge in [-0.15, -0.1) is 0 Å². The molecule has 0 atom stereocenters. The Hall–Kier alpha value is -2.04. The Labute approximate surface area is 105 Å². The van der Waals surface area contributed by atoms with Crippen LogP contribution in [0.25, 0.3) is 5.69 Å². The maximum atomic E-state index is 13.0. The van der Waals surface area contributed by atoms with E-state index < -0.39 is 11.6 Å². The van der Waals surface area contributed by atoms with Crippen LogP contribution >= 0.6 is 0 Å². The zero-order valence-electron chi connectivity index (χ0n) is 10.6. The first-order valence-electron chi connectivity index (χ1n) is 5.64. The van der Waals surface area contributed by atoms with Crippen molar-refractivity contribution in [1.29, 1.82) is 0 Å². The molecule has 1 aromatic heterocycles. The number of aromatic hydroxyl groups is 1. The van der Waals surface area contributed by atoms with Crippen LogP contribution < -0.4 is 5.73 Å². The minimum Gasteiger partial charge on any atom is -0.505 e. The third-order valence-corrected chi connectivity index (χ3v) is 2.68. The van der Waals surface area contributed by atoms with E-state index in [0.29, 0.717) is 11.5 Å². The van der Waals surface area contributed by atoms with Crippen LogP contribution in [-0.4, -0.2) is 14.9 Å². The van der Waals surface area contributed by atoms with E-state index in [0.717, 1.165) is 5.69 Å². The van der Waals surface area contributed by atoms with Gasteiger partial charge in [0.05, 0.1) is 11.4 Å². The minimum atomic E-state index is -0.666. The number of nitrogens with two attached hydrogens (primary N) is 1. The van der Waals surface area contributed by atoms with Gasteiger partial charge < -0.3 is 10.8 Å². The van der Waals surface area contributed by atoms with E-state index >= 15 is 0 Å². The highest BCUT2D eigenvalue weighted by molar-refractivity contribution is 5.46. The number of aromatic nitrogens is 2. The summed E-state index contributed by atoms with van der Waals surface area (Å²) in [5.41, 5.74) is 7.13. The zero-order valence-corrected chi connectivity index (χ0v) is 10.6. The summed E-state index contributed by atoms with van der Waals surface area (Å²) in [5.74, 6) is -0.633. The van der Waals surface area contributed by atoms with Gasteiger partial charge in [-0.25, -0.2) is 9.07 Å². The first-order chi connectivity index (χ1) is 8.29. The minimum absolute atomic E-state index is 0.124. The quantitative estimate of drug-likeness (QED) is 0.816. The Morgan fingerprint density at radius 1 is 1.28 bits per heavy atom. The summed E-state index contributed by atoms with van der Waals surface area (Å²) in [7, 11) is 0. The van der Waals surface area contributed by atoms with Crippen LogP contribution in [0.5, 0.6) is 5.75 Å². The van der Waals surface area contributed by atoms with Gasteiger partial charge in [-0.1, -0.05) is 20.8 Å². The largest absolute Gasteiger partial charge is 0.505 e. The highest BCUT2D eigenvalue weighted by Gasteiger charge is 2.19. The predicted molar refractivity (Wildman–Crippen MR) is 68.3 cm³/mol. The molecule has 0 unspecified atom stereocenters. The highest BCUT2D eigenvalue weighted by Crippen LogP contribution is 2.26. The van der Waals surface area contributed by atoms with Crippen LogP contribution in [0.4, 0.5) is 10.2 Å². The number of hydrogen-bond donors (Lipinski definition) is 2. The third kappa shape index (κ3) is 2.16. The molecule has 0 aliphatic carbocycles. The van der Waals surface area contributed by atoms with Gasteiger partial charge in [-0.05, 0) is 12.1 Å². The van der Waals surface area contributed by atoms with Crippen molar-refractivity contribution in [1.82, 2.24) is 9.78 Å². The van der Waals surface area contributed by atoms with Gasteiger partial charge in [0.2, 0.25) is 0 Å². The molecule has 3 N–H and O–H groups in total. The Morgan fingerprint density at radius 3 is 2.44 bits per heavy atom. The van der Waals surface area contributed by atoms with Crippen LogP contribution in [0.1, 0.15) is 26.5 Å². The predicted octanol–water partition coefficient (Wildman–Crippen LogP) is 2.60. The molecule has 0 aliphatic heterocycles. The molecule has 1 aromatic carbocycles. The number of phenols is 1. The average Bonchev–Trinajstić information content (AvgIpc) is 2.64. The molecule has 0 fully saturated rings. The maximum absolute atomic E-state index is 13.0. The van der Waals surface area contributed by atoms with Crippen molar-refractivity contribution in [2.24, 2.45) is 0 Å². The lowest BCUT2D eigenvalue weighted by molar-refractivity contribution is 0.432. The van der Waals surface area contributed by atoms with E-state index in [1.54, 1.807) is 6.07 Å². The summed E-state index contributed by atoms with van der Waals surface area (Å²) in [4.78, 5) is 0. The lowest BCUT2D eigenvalue weighted by atomic mass is 9.92. The first kappa shape index (κ1) is 12.4. The van der Waals surface area contributed by atoms with E-state index in [2.05, 4.69) is 5.10 Å². The van der Waals surface area contributed by atoms with Crippen molar-refractivity contribution < 1.29 is 9.50 Å². The van der Waals surface area contributed by atoms with Gasteiger partial charge in [-0.2, -0.15) is 5.10 Å². The summed E-state index contributed by atoms with van der Waals surface area (Å²) in [6.07, 6.45) is 0. The van der Waals surface area contributed by atoms with Gasteiger partial charge in [0.1, 0.15) is 5.82 Å². The molecule has 96 valence electrons. The van der Waals surface area contributed by atoms with Crippen molar-refractivity contribution in [2.45, 2.75) is 26.2 Å². The molecule has 0 aliphatic rings. The fourth-order valence-corrected chi connectivity index (χ4v) is 1.60. The fraction of sp³-hybridized carbons (Fsp3) is 0.308. The number of nitrogens with zero attached hydrogens (tertiary/aromatic N) is 2.